The van der Waals surface area contributed by atoms with E-state index in [0.29, 0.717) is 19.5 Å². The van der Waals surface area contributed by atoms with Crippen molar-refractivity contribution in [3.8, 4) is 0 Å². The molecule has 1 aromatic heterocycles. The molecule has 7 heteroatoms. The lowest BCUT2D eigenvalue weighted by Crippen LogP contribution is -2.47. The van der Waals surface area contributed by atoms with Gasteiger partial charge in [0, 0.05) is 26.3 Å². The summed E-state index contributed by atoms with van der Waals surface area (Å²) >= 11 is 0. The summed E-state index contributed by atoms with van der Waals surface area (Å²) in [5, 5.41) is 16.0. The van der Waals surface area contributed by atoms with Gasteiger partial charge in [-0.2, -0.15) is 5.10 Å². The number of urea groups is 1. The molecule has 7 nitrogen and oxygen atoms in total. The van der Waals surface area contributed by atoms with E-state index < -0.39 is 12.0 Å². The summed E-state index contributed by atoms with van der Waals surface area (Å²) in [7, 11) is 1.84. The number of hydrogen-bond acceptors (Lipinski definition) is 3. The number of rotatable bonds is 4. The van der Waals surface area contributed by atoms with Crippen LogP contribution in [0.5, 0.6) is 0 Å². The van der Waals surface area contributed by atoms with Crippen LogP contribution in [0.15, 0.2) is 12.4 Å². The number of nitrogens with one attached hydrogen (secondary N) is 1. The van der Waals surface area contributed by atoms with E-state index in [-0.39, 0.29) is 11.9 Å². The third-order valence-corrected chi connectivity index (χ3v) is 3.66. The van der Waals surface area contributed by atoms with Crippen molar-refractivity contribution < 1.29 is 14.7 Å². The molecule has 20 heavy (non-hydrogen) atoms. The fraction of sp³-hybridized carbons (Fsp3) is 0.615. The number of carbonyl (C=O) groups excluding carboxylic acids is 1. The van der Waals surface area contributed by atoms with Crippen molar-refractivity contribution >= 4 is 12.0 Å². The van der Waals surface area contributed by atoms with Crippen LogP contribution in [-0.4, -0.2) is 50.9 Å². The van der Waals surface area contributed by atoms with Crippen LogP contribution in [0.4, 0.5) is 4.79 Å². The van der Waals surface area contributed by atoms with E-state index >= 15 is 0 Å². The molecule has 1 aromatic rings. The summed E-state index contributed by atoms with van der Waals surface area (Å²) in [6.45, 7) is 2.83. The first-order valence-corrected chi connectivity index (χ1v) is 6.74. The Kier molecular flexibility index (Phi) is 4.26. The zero-order chi connectivity index (χ0) is 14.7. The molecule has 2 amide bonds. The van der Waals surface area contributed by atoms with Crippen molar-refractivity contribution in [1.82, 2.24) is 20.0 Å². The van der Waals surface area contributed by atoms with E-state index in [1.165, 1.54) is 4.90 Å². The van der Waals surface area contributed by atoms with Gasteiger partial charge in [-0.05, 0) is 24.3 Å². The van der Waals surface area contributed by atoms with Gasteiger partial charge >= 0.3 is 12.0 Å². The molecule has 0 spiro atoms. The predicted octanol–water partition coefficient (Wildman–Crippen LogP) is 0.467. The standard InChI is InChI=1S/C13H20N4O3/c1-9-4-6-17(11(9)12(18)19)13(20)14-5-3-10-7-15-16(2)8-10/h7-9,11H,3-6H2,1-2H3,(H,14,20)(H,18,19). The summed E-state index contributed by atoms with van der Waals surface area (Å²) in [6.07, 6.45) is 5.06. The molecule has 1 saturated heterocycles. The van der Waals surface area contributed by atoms with E-state index in [0.717, 1.165) is 12.0 Å². The molecule has 1 fully saturated rings. The lowest BCUT2D eigenvalue weighted by Gasteiger charge is -2.23. The summed E-state index contributed by atoms with van der Waals surface area (Å²) in [6, 6.07) is -1.01. The predicted molar refractivity (Wildman–Crippen MR) is 72.2 cm³/mol. The fourth-order valence-electron chi connectivity index (χ4n) is 2.57. The van der Waals surface area contributed by atoms with E-state index in [4.69, 9.17) is 0 Å². The molecule has 1 aliphatic rings. The molecular weight excluding hydrogens is 260 g/mol. The average Bonchev–Trinajstić information content (AvgIpc) is 2.95. The molecule has 0 saturated carbocycles. The Bertz CT molecular complexity index is 500. The Balaban J connectivity index is 1.84. The van der Waals surface area contributed by atoms with Gasteiger partial charge in [0.15, 0.2) is 0 Å². The van der Waals surface area contributed by atoms with Crippen LogP contribution in [0.25, 0.3) is 0 Å². The van der Waals surface area contributed by atoms with Crippen LogP contribution in [-0.2, 0) is 18.3 Å². The third kappa shape index (κ3) is 3.09. The first-order chi connectivity index (χ1) is 9.49. The van der Waals surface area contributed by atoms with Crippen molar-refractivity contribution in [1.29, 1.82) is 0 Å². The van der Waals surface area contributed by atoms with Crippen LogP contribution in [0.2, 0.25) is 0 Å². The molecule has 0 aromatic carbocycles. The minimum absolute atomic E-state index is 0.00317. The van der Waals surface area contributed by atoms with Crippen molar-refractivity contribution in [3.63, 3.8) is 0 Å². The van der Waals surface area contributed by atoms with E-state index in [1.54, 1.807) is 10.9 Å². The third-order valence-electron chi connectivity index (χ3n) is 3.66. The van der Waals surface area contributed by atoms with Gasteiger partial charge in [-0.1, -0.05) is 6.92 Å². The van der Waals surface area contributed by atoms with Crippen LogP contribution < -0.4 is 5.32 Å². The fourth-order valence-corrected chi connectivity index (χ4v) is 2.57. The maximum atomic E-state index is 12.0. The van der Waals surface area contributed by atoms with Crippen molar-refractivity contribution in [2.24, 2.45) is 13.0 Å². The Morgan fingerprint density at radius 3 is 2.90 bits per heavy atom. The number of aryl methyl sites for hydroxylation is 1. The molecule has 2 atom stereocenters. The molecule has 1 aliphatic heterocycles. The number of carboxylic acids is 1. The van der Waals surface area contributed by atoms with Crippen LogP contribution in [0.1, 0.15) is 18.9 Å². The summed E-state index contributed by atoms with van der Waals surface area (Å²) < 4.78 is 1.71. The quantitative estimate of drug-likeness (QED) is 0.839. The number of nitrogens with zero attached hydrogens (tertiary/aromatic N) is 3. The minimum Gasteiger partial charge on any atom is -0.480 e. The second-order valence-corrected chi connectivity index (χ2v) is 5.25. The number of aromatic nitrogens is 2. The molecule has 2 unspecified atom stereocenters. The van der Waals surface area contributed by atoms with Gasteiger partial charge in [-0.15, -0.1) is 0 Å². The molecule has 0 bridgehead atoms. The molecule has 0 aliphatic carbocycles. The largest absolute Gasteiger partial charge is 0.480 e. The van der Waals surface area contributed by atoms with Gasteiger partial charge in [0.25, 0.3) is 0 Å². The number of hydrogen-bond donors (Lipinski definition) is 2. The lowest BCUT2D eigenvalue weighted by molar-refractivity contribution is -0.142. The summed E-state index contributed by atoms with van der Waals surface area (Å²) in [5.41, 5.74) is 1.04. The van der Waals surface area contributed by atoms with Gasteiger partial charge in [-0.25, -0.2) is 9.59 Å². The molecule has 2 rings (SSSR count). The second kappa shape index (κ2) is 5.94. The maximum absolute atomic E-state index is 12.0. The van der Waals surface area contributed by atoms with Crippen molar-refractivity contribution in [2.45, 2.75) is 25.8 Å². The Hall–Kier alpha value is -2.05. The first kappa shape index (κ1) is 14.4. The lowest BCUT2D eigenvalue weighted by atomic mass is 10.0. The summed E-state index contributed by atoms with van der Waals surface area (Å²) in [4.78, 5) is 24.6. The molecule has 2 heterocycles. The normalized spacial score (nSPS) is 22.0. The highest BCUT2D eigenvalue weighted by atomic mass is 16.4. The van der Waals surface area contributed by atoms with E-state index in [2.05, 4.69) is 10.4 Å². The van der Waals surface area contributed by atoms with Gasteiger partial charge in [0.1, 0.15) is 6.04 Å². The molecular formula is C13H20N4O3. The topological polar surface area (TPSA) is 87.5 Å². The first-order valence-electron chi connectivity index (χ1n) is 6.74. The zero-order valence-corrected chi connectivity index (χ0v) is 11.7. The maximum Gasteiger partial charge on any atom is 0.326 e. The zero-order valence-electron chi connectivity index (χ0n) is 11.7. The highest BCUT2D eigenvalue weighted by Gasteiger charge is 2.39. The molecule has 2 N–H and O–H groups in total. The number of carbonyl (C=O) groups is 2. The van der Waals surface area contributed by atoms with Crippen LogP contribution in [0, 0.1) is 5.92 Å². The van der Waals surface area contributed by atoms with Crippen molar-refractivity contribution in [2.75, 3.05) is 13.1 Å². The average molecular weight is 280 g/mol. The SMILES string of the molecule is CC1CCN(C(=O)NCCc2cnn(C)c2)C1C(=O)O. The van der Waals surface area contributed by atoms with E-state index in [1.807, 2.05) is 20.2 Å². The number of carboxylic acid groups (broad SMARTS) is 1. The highest BCUT2D eigenvalue weighted by Crippen LogP contribution is 2.23. The monoisotopic (exact) mass is 280 g/mol. The number of amides is 2. The number of likely N-dealkylation sites (tertiary alicyclic amines) is 1. The Morgan fingerprint density at radius 1 is 1.55 bits per heavy atom. The minimum atomic E-state index is -0.933. The second-order valence-electron chi connectivity index (χ2n) is 5.25. The Morgan fingerprint density at radius 2 is 2.30 bits per heavy atom. The van der Waals surface area contributed by atoms with Gasteiger partial charge in [0.2, 0.25) is 0 Å². The van der Waals surface area contributed by atoms with Gasteiger partial charge < -0.3 is 15.3 Å². The summed E-state index contributed by atoms with van der Waals surface area (Å²) in [5.74, 6) is -0.936. The van der Waals surface area contributed by atoms with Crippen LogP contribution >= 0.6 is 0 Å². The Labute approximate surface area is 117 Å². The number of aliphatic carboxylic acids is 1. The van der Waals surface area contributed by atoms with Crippen molar-refractivity contribution in [3.05, 3.63) is 18.0 Å². The van der Waals surface area contributed by atoms with Crippen LogP contribution in [0.3, 0.4) is 0 Å². The van der Waals surface area contributed by atoms with Gasteiger partial charge in [-0.3, -0.25) is 4.68 Å². The highest BCUT2D eigenvalue weighted by molar-refractivity contribution is 5.83. The van der Waals surface area contributed by atoms with Gasteiger partial charge in [0.05, 0.1) is 6.20 Å². The smallest absolute Gasteiger partial charge is 0.326 e. The van der Waals surface area contributed by atoms with E-state index in [9.17, 15) is 14.7 Å². The molecule has 110 valence electrons. The molecule has 0 radical (unpaired) electrons.